The SMILES string of the molecule is O=C(CCl)N1CCC(O)(CO)C1. The van der Waals surface area contributed by atoms with Gasteiger partial charge in [-0.2, -0.15) is 0 Å². The summed E-state index contributed by atoms with van der Waals surface area (Å²) in [6.45, 7) is 0.358. The van der Waals surface area contributed by atoms with Crippen LogP contribution in [0.4, 0.5) is 0 Å². The number of carbonyl (C=O) groups is 1. The van der Waals surface area contributed by atoms with Crippen molar-refractivity contribution >= 4 is 17.5 Å². The Kier molecular flexibility index (Phi) is 2.93. The number of halogens is 1. The van der Waals surface area contributed by atoms with Crippen molar-refractivity contribution < 1.29 is 15.0 Å². The number of nitrogens with zero attached hydrogens (tertiary/aromatic N) is 1. The van der Waals surface area contributed by atoms with Gasteiger partial charge in [-0.25, -0.2) is 0 Å². The lowest BCUT2D eigenvalue weighted by Crippen LogP contribution is -2.39. The van der Waals surface area contributed by atoms with Gasteiger partial charge in [-0.3, -0.25) is 4.79 Å². The maximum atomic E-state index is 11.0. The molecule has 1 atom stereocenters. The van der Waals surface area contributed by atoms with Gasteiger partial charge in [0.25, 0.3) is 0 Å². The molecule has 0 aromatic rings. The first kappa shape index (κ1) is 9.77. The minimum atomic E-state index is -1.11. The summed E-state index contributed by atoms with van der Waals surface area (Å²) in [6.07, 6.45) is 0.423. The third kappa shape index (κ3) is 1.88. The van der Waals surface area contributed by atoms with Crippen LogP contribution in [0.15, 0.2) is 0 Å². The summed E-state index contributed by atoms with van der Waals surface area (Å²) >= 11 is 5.33. The van der Waals surface area contributed by atoms with Crippen molar-refractivity contribution in [2.45, 2.75) is 12.0 Å². The summed E-state index contributed by atoms with van der Waals surface area (Å²) in [4.78, 5) is 12.5. The van der Waals surface area contributed by atoms with Crippen LogP contribution in [0, 0.1) is 0 Å². The number of β-amino-alcohol motifs (C(OH)–C–C–N with tert-alkyl or cyclic N) is 1. The topological polar surface area (TPSA) is 60.8 Å². The second kappa shape index (κ2) is 3.60. The van der Waals surface area contributed by atoms with E-state index in [4.69, 9.17) is 16.7 Å². The standard InChI is InChI=1S/C7H12ClNO3/c8-3-6(11)9-2-1-7(12,4-9)5-10/h10,12H,1-5H2. The van der Waals surface area contributed by atoms with Gasteiger partial charge in [0.1, 0.15) is 11.5 Å². The van der Waals surface area contributed by atoms with Crippen LogP contribution in [0.3, 0.4) is 0 Å². The zero-order valence-corrected chi connectivity index (χ0v) is 7.42. The number of rotatable bonds is 2. The van der Waals surface area contributed by atoms with Gasteiger partial charge in [0, 0.05) is 6.54 Å². The molecule has 1 fully saturated rings. The van der Waals surface area contributed by atoms with E-state index in [-0.39, 0.29) is 24.9 Å². The van der Waals surface area contributed by atoms with Crippen LogP contribution in [0.2, 0.25) is 0 Å². The third-order valence-electron chi connectivity index (χ3n) is 2.09. The molecule has 1 aliphatic heterocycles. The van der Waals surface area contributed by atoms with Gasteiger partial charge < -0.3 is 15.1 Å². The zero-order chi connectivity index (χ0) is 9.19. The van der Waals surface area contributed by atoms with E-state index < -0.39 is 5.60 Å². The van der Waals surface area contributed by atoms with E-state index in [0.717, 1.165) is 0 Å². The Morgan fingerprint density at radius 2 is 2.33 bits per heavy atom. The minimum absolute atomic E-state index is 0.0679. The number of aliphatic hydroxyl groups is 2. The zero-order valence-electron chi connectivity index (χ0n) is 6.66. The molecule has 0 spiro atoms. The molecule has 0 aliphatic carbocycles. The van der Waals surface area contributed by atoms with E-state index in [0.29, 0.717) is 13.0 Å². The molecule has 4 nitrogen and oxygen atoms in total. The van der Waals surface area contributed by atoms with Gasteiger partial charge >= 0.3 is 0 Å². The van der Waals surface area contributed by atoms with Crippen molar-refractivity contribution in [2.24, 2.45) is 0 Å². The fourth-order valence-electron chi connectivity index (χ4n) is 1.28. The van der Waals surface area contributed by atoms with Crippen LogP contribution in [-0.4, -0.2) is 52.2 Å². The van der Waals surface area contributed by atoms with Crippen LogP contribution >= 0.6 is 11.6 Å². The number of carbonyl (C=O) groups excluding carboxylic acids is 1. The van der Waals surface area contributed by atoms with E-state index in [9.17, 15) is 9.90 Å². The van der Waals surface area contributed by atoms with Crippen LogP contribution < -0.4 is 0 Å². The Morgan fingerprint density at radius 3 is 2.75 bits per heavy atom. The number of hydrogen-bond donors (Lipinski definition) is 2. The fraction of sp³-hybridized carbons (Fsp3) is 0.857. The maximum Gasteiger partial charge on any atom is 0.237 e. The van der Waals surface area contributed by atoms with Crippen molar-refractivity contribution in [3.8, 4) is 0 Å². The molecule has 1 heterocycles. The highest BCUT2D eigenvalue weighted by molar-refractivity contribution is 6.27. The van der Waals surface area contributed by atoms with Gasteiger partial charge in [0.15, 0.2) is 0 Å². The summed E-state index contributed by atoms with van der Waals surface area (Å²) in [6, 6.07) is 0. The largest absolute Gasteiger partial charge is 0.393 e. The van der Waals surface area contributed by atoms with E-state index in [1.165, 1.54) is 4.90 Å². The molecule has 1 aliphatic rings. The van der Waals surface area contributed by atoms with Crippen molar-refractivity contribution in [3.63, 3.8) is 0 Å². The lowest BCUT2D eigenvalue weighted by Gasteiger charge is -2.20. The Hall–Kier alpha value is -0.320. The van der Waals surface area contributed by atoms with Crippen molar-refractivity contribution in [2.75, 3.05) is 25.6 Å². The second-order valence-corrected chi connectivity index (χ2v) is 3.35. The third-order valence-corrected chi connectivity index (χ3v) is 2.32. The molecule has 70 valence electrons. The monoisotopic (exact) mass is 193 g/mol. The van der Waals surface area contributed by atoms with Crippen LogP contribution in [0.25, 0.3) is 0 Å². The second-order valence-electron chi connectivity index (χ2n) is 3.08. The highest BCUT2D eigenvalue weighted by Gasteiger charge is 2.37. The Bertz CT molecular complexity index is 187. The average Bonchev–Trinajstić information content (AvgIpc) is 2.48. The predicted octanol–water partition coefficient (Wildman–Crippen LogP) is -0.819. The normalized spacial score (nSPS) is 29.4. The average molecular weight is 194 g/mol. The van der Waals surface area contributed by atoms with Gasteiger partial charge in [0.2, 0.25) is 5.91 Å². The summed E-state index contributed by atoms with van der Waals surface area (Å²) in [5, 5.41) is 18.3. The van der Waals surface area contributed by atoms with Gasteiger partial charge in [-0.1, -0.05) is 0 Å². The summed E-state index contributed by atoms with van der Waals surface area (Å²) in [7, 11) is 0. The molecule has 1 amide bonds. The van der Waals surface area contributed by atoms with Gasteiger partial charge in [-0.15, -0.1) is 11.6 Å². The van der Waals surface area contributed by atoms with Gasteiger partial charge in [0.05, 0.1) is 13.2 Å². The molecule has 1 saturated heterocycles. The van der Waals surface area contributed by atoms with E-state index in [1.807, 2.05) is 0 Å². The van der Waals surface area contributed by atoms with Crippen LogP contribution in [0.1, 0.15) is 6.42 Å². The van der Waals surface area contributed by atoms with Crippen molar-refractivity contribution in [1.82, 2.24) is 4.90 Å². The number of amides is 1. The van der Waals surface area contributed by atoms with E-state index in [1.54, 1.807) is 0 Å². The first-order valence-corrected chi connectivity index (χ1v) is 4.32. The van der Waals surface area contributed by atoms with E-state index in [2.05, 4.69) is 0 Å². The van der Waals surface area contributed by atoms with Gasteiger partial charge in [-0.05, 0) is 6.42 Å². The highest BCUT2D eigenvalue weighted by atomic mass is 35.5. The van der Waals surface area contributed by atoms with Crippen molar-refractivity contribution in [3.05, 3.63) is 0 Å². The molecular weight excluding hydrogens is 182 g/mol. The smallest absolute Gasteiger partial charge is 0.237 e. The maximum absolute atomic E-state index is 11.0. The van der Waals surface area contributed by atoms with Crippen LogP contribution in [0.5, 0.6) is 0 Å². The molecular formula is C7H12ClNO3. The van der Waals surface area contributed by atoms with Crippen LogP contribution in [-0.2, 0) is 4.79 Å². The molecule has 0 aromatic carbocycles. The quantitative estimate of drug-likeness (QED) is 0.564. The number of aliphatic hydroxyl groups excluding tert-OH is 1. The van der Waals surface area contributed by atoms with E-state index >= 15 is 0 Å². The predicted molar refractivity (Wildman–Crippen MR) is 44.0 cm³/mol. The Morgan fingerprint density at radius 1 is 1.67 bits per heavy atom. The number of likely N-dealkylation sites (tertiary alicyclic amines) is 1. The Balaban J connectivity index is 2.50. The molecule has 5 heteroatoms. The molecule has 0 aromatic heterocycles. The highest BCUT2D eigenvalue weighted by Crippen LogP contribution is 2.20. The fourth-order valence-corrected chi connectivity index (χ4v) is 1.45. The summed E-state index contributed by atoms with van der Waals surface area (Å²) in [5.74, 6) is -0.261. The summed E-state index contributed by atoms with van der Waals surface area (Å²) in [5.41, 5.74) is -1.11. The first-order chi connectivity index (χ1) is 5.61. The lowest BCUT2D eigenvalue weighted by atomic mass is 10.1. The summed E-state index contributed by atoms with van der Waals surface area (Å²) < 4.78 is 0. The molecule has 12 heavy (non-hydrogen) atoms. The molecule has 2 N–H and O–H groups in total. The molecule has 1 rings (SSSR count). The number of hydrogen-bond acceptors (Lipinski definition) is 3. The lowest BCUT2D eigenvalue weighted by molar-refractivity contribution is -0.128. The van der Waals surface area contributed by atoms with Crippen molar-refractivity contribution in [1.29, 1.82) is 0 Å². The molecule has 0 saturated carbocycles. The molecule has 0 bridgehead atoms. The number of alkyl halides is 1. The molecule has 0 radical (unpaired) electrons. The first-order valence-electron chi connectivity index (χ1n) is 3.78. The minimum Gasteiger partial charge on any atom is -0.393 e. The Labute approximate surface area is 75.7 Å². The molecule has 1 unspecified atom stereocenters.